The highest BCUT2D eigenvalue weighted by atomic mass is 16.5. The number of pyridine rings is 1. The Balaban J connectivity index is 3.04. The van der Waals surface area contributed by atoms with E-state index in [1.54, 1.807) is 13.3 Å². The highest BCUT2D eigenvalue weighted by molar-refractivity contribution is 5.46. The molecule has 0 radical (unpaired) electrons. The summed E-state index contributed by atoms with van der Waals surface area (Å²) in [6.07, 6.45) is 2.52. The summed E-state index contributed by atoms with van der Waals surface area (Å²) in [5.74, 6) is 0.498. The molecule has 84 valence electrons. The smallest absolute Gasteiger partial charge is 0.128 e. The Morgan fingerprint density at radius 2 is 2.20 bits per heavy atom. The number of aryl methyl sites for hydroxylation is 1. The zero-order chi connectivity index (χ0) is 11.4. The number of methoxy groups -OCH3 is 1. The SMILES string of the molecule is CCC(OC)C(N)c1c(C)ccnc1N. The maximum Gasteiger partial charge on any atom is 0.128 e. The van der Waals surface area contributed by atoms with Gasteiger partial charge in [-0.3, -0.25) is 0 Å². The molecule has 1 heterocycles. The van der Waals surface area contributed by atoms with E-state index in [-0.39, 0.29) is 12.1 Å². The molecule has 4 N–H and O–H groups in total. The fourth-order valence-electron chi connectivity index (χ4n) is 1.78. The molecule has 0 fully saturated rings. The minimum absolute atomic E-state index is 0.0183. The number of nitrogens with two attached hydrogens (primary N) is 2. The molecule has 1 aromatic rings. The van der Waals surface area contributed by atoms with Gasteiger partial charge in [0.05, 0.1) is 12.1 Å². The first-order valence-corrected chi connectivity index (χ1v) is 5.11. The van der Waals surface area contributed by atoms with E-state index in [1.165, 1.54) is 0 Å². The maximum absolute atomic E-state index is 6.12. The van der Waals surface area contributed by atoms with Crippen LogP contribution in [0.1, 0.15) is 30.5 Å². The monoisotopic (exact) mass is 209 g/mol. The van der Waals surface area contributed by atoms with Crippen molar-refractivity contribution in [1.29, 1.82) is 0 Å². The third-order valence-corrected chi connectivity index (χ3v) is 2.68. The van der Waals surface area contributed by atoms with Crippen molar-refractivity contribution in [1.82, 2.24) is 4.98 Å². The molecular formula is C11H19N3O. The Kier molecular flexibility index (Phi) is 4.05. The summed E-state index contributed by atoms with van der Waals surface area (Å²) in [5.41, 5.74) is 13.9. The largest absolute Gasteiger partial charge is 0.383 e. The molecule has 2 atom stereocenters. The Morgan fingerprint density at radius 3 is 2.67 bits per heavy atom. The Labute approximate surface area is 90.6 Å². The Morgan fingerprint density at radius 1 is 1.53 bits per heavy atom. The molecule has 0 amide bonds. The van der Waals surface area contributed by atoms with Gasteiger partial charge in [-0.15, -0.1) is 0 Å². The second-order valence-electron chi connectivity index (χ2n) is 3.63. The molecule has 4 heteroatoms. The van der Waals surface area contributed by atoms with Crippen molar-refractivity contribution < 1.29 is 4.74 Å². The molecule has 0 bridgehead atoms. The number of aromatic nitrogens is 1. The summed E-state index contributed by atoms with van der Waals surface area (Å²) in [7, 11) is 1.66. The van der Waals surface area contributed by atoms with Crippen molar-refractivity contribution in [2.75, 3.05) is 12.8 Å². The summed E-state index contributed by atoms with van der Waals surface area (Å²) in [5, 5.41) is 0. The third kappa shape index (κ3) is 2.46. The van der Waals surface area contributed by atoms with Gasteiger partial charge in [-0.05, 0) is 25.0 Å². The minimum Gasteiger partial charge on any atom is -0.383 e. The van der Waals surface area contributed by atoms with Crippen LogP contribution in [0.25, 0.3) is 0 Å². The van der Waals surface area contributed by atoms with Gasteiger partial charge in [0.15, 0.2) is 0 Å². The van der Waals surface area contributed by atoms with Crippen LogP contribution in [0.5, 0.6) is 0 Å². The number of anilines is 1. The molecule has 0 spiro atoms. The standard InChI is InChI=1S/C11H19N3O/c1-4-8(15-3)10(12)9-7(2)5-6-14-11(9)13/h5-6,8,10H,4,12H2,1-3H3,(H2,13,14). The topological polar surface area (TPSA) is 74.2 Å². The Bertz CT molecular complexity index is 303. The van der Waals surface area contributed by atoms with Crippen molar-refractivity contribution in [3.8, 4) is 0 Å². The molecule has 0 aromatic carbocycles. The van der Waals surface area contributed by atoms with E-state index in [9.17, 15) is 0 Å². The lowest BCUT2D eigenvalue weighted by atomic mass is 9.97. The van der Waals surface area contributed by atoms with Crippen LogP contribution < -0.4 is 11.5 Å². The van der Waals surface area contributed by atoms with Gasteiger partial charge in [-0.2, -0.15) is 0 Å². The van der Waals surface area contributed by atoms with Crippen LogP contribution >= 0.6 is 0 Å². The van der Waals surface area contributed by atoms with Crippen LogP contribution in [0, 0.1) is 6.92 Å². The van der Waals surface area contributed by atoms with Crippen LogP contribution in [-0.4, -0.2) is 18.2 Å². The number of hydrogen-bond donors (Lipinski definition) is 2. The maximum atomic E-state index is 6.12. The molecule has 0 aliphatic rings. The van der Waals surface area contributed by atoms with Gasteiger partial charge >= 0.3 is 0 Å². The van der Waals surface area contributed by atoms with Gasteiger partial charge in [0.25, 0.3) is 0 Å². The molecule has 0 aliphatic carbocycles. The second-order valence-corrected chi connectivity index (χ2v) is 3.63. The molecule has 0 aliphatic heterocycles. The average Bonchev–Trinajstić information content (AvgIpc) is 2.19. The highest BCUT2D eigenvalue weighted by Gasteiger charge is 2.21. The second kappa shape index (κ2) is 5.09. The van der Waals surface area contributed by atoms with Gasteiger partial charge in [-0.25, -0.2) is 4.98 Å². The van der Waals surface area contributed by atoms with Crippen LogP contribution in [-0.2, 0) is 4.74 Å². The lowest BCUT2D eigenvalue weighted by Crippen LogP contribution is -2.29. The van der Waals surface area contributed by atoms with Gasteiger partial charge in [0.1, 0.15) is 5.82 Å². The van der Waals surface area contributed by atoms with Crippen molar-refractivity contribution in [3.63, 3.8) is 0 Å². The highest BCUT2D eigenvalue weighted by Crippen LogP contribution is 2.25. The van der Waals surface area contributed by atoms with Crippen LogP contribution in [0.4, 0.5) is 5.82 Å². The van der Waals surface area contributed by atoms with Gasteiger partial charge < -0.3 is 16.2 Å². The van der Waals surface area contributed by atoms with E-state index < -0.39 is 0 Å². The van der Waals surface area contributed by atoms with Crippen molar-refractivity contribution >= 4 is 5.82 Å². The zero-order valence-electron chi connectivity index (χ0n) is 9.53. The van der Waals surface area contributed by atoms with Gasteiger partial charge in [-0.1, -0.05) is 6.92 Å². The lowest BCUT2D eigenvalue weighted by Gasteiger charge is -2.23. The molecule has 1 rings (SSSR count). The summed E-state index contributed by atoms with van der Waals surface area (Å²) in [4.78, 5) is 4.05. The molecule has 0 saturated heterocycles. The van der Waals surface area contributed by atoms with Crippen LogP contribution in [0.3, 0.4) is 0 Å². The molecule has 2 unspecified atom stereocenters. The predicted octanol–water partition coefficient (Wildman–Crippen LogP) is 1.40. The number of ether oxygens (including phenoxy) is 1. The van der Waals surface area contributed by atoms with E-state index in [0.717, 1.165) is 17.5 Å². The molecule has 4 nitrogen and oxygen atoms in total. The predicted molar refractivity (Wildman–Crippen MR) is 61.4 cm³/mol. The van der Waals surface area contributed by atoms with E-state index in [0.29, 0.717) is 5.82 Å². The van der Waals surface area contributed by atoms with Crippen molar-refractivity contribution in [2.24, 2.45) is 5.73 Å². The molecule has 15 heavy (non-hydrogen) atoms. The van der Waals surface area contributed by atoms with Crippen LogP contribution in [0.15, 0.2) is 12.3 Å². The number of nitrogen functional groups attached to an aromatic ring is 1. The first-order valence-electron chi connectivity index (χ1n) is 5.11. The van der Waals surface area contributed by atoms with E-state index in [1.807, 2.05) is 19.9 Å². The molecule has 1 aromatic heterocycles. The molecular weight excluding hydrogens is 190 g/mol. The minimum atomic E-state index is -0.214. The fraction of sp³-hybridized carbons (Fsp3) is 0.545. The van der Waals surface area contributed by atoms with Gasteiger partial charge in [0.2, 0.25) is 0 Å². The average molecular weight is 209 g/mol. The van der Waals surface area contributed by atoms with Gasteiger partial charge in [0, 0.05) is 18.9 Å². The first kappa shape index (κ1) is 11.9. The summed E-state index contributed by atoms with van der Waals surface area (Å²) in [6.45, 7) is 4.02. The lowest BCUT2D eigenvalue weighted by molar-refractivity contribution is 0.0771. The Hall–Kier alpha value is -1.13. The summed E-state index contributed by atoms with van der Waals surface area (Å²) >= 11 is 0. The van der Waals surface area contributed by atoms with E-state index >= 15 is 0 Å². The van der Waals surface area contributed by atoms with Crippen molar-refractivity contribution in [2.45, 2.75) is 32.4 Å². The number of hydrogen-bond acceptors (Lipinski definition) is 4. The third-order valence-electron chi connectivity index (χ3n) is 2.68. The fourth-order valence-corrected chi connectivity index (χ4v) is 1.78. The first-order chi connectivity index (χ1) is 7.11. The zero-order valence-corrected chi connectivity index (χ0v) is 9.53. The van der Waals surface area contributed by atoms with E-state index in [2.05, 4.69) is 4.98 Å². The summed E-state index contributed by atoms with van der Waals surface area (Å²) in [6, 6.07) is 1.70. The van der Waals surface area contributed by atoms with E-state index in [4.69, 9.17) is 16.2 Å². The summed E-state index contributed by atoms with van der Waals surface area (Å²) < 4.78 is 5.32. The molecule has 0 saturated carbocycles. The number of rotatable bonds is 4. The quantitative estimate of drug-likeness (QED) is 0.786. The van der Waals surface area contributed by atoms with Crippen molar-refractivity contribution in [3.05, 3.63) is 23.4 Å². The van der Waals surface area contributed by atoms with Crippen LogP contribution in [0.2, 0.25) is 0 Å². The normalized spacial score (nSPS) is 14.9. The number of nitrogens with zero attached hydrogens (tertiary/aromatic N) is 1.